The lowest BCUT2D eigenvalue weighted by molar-refractivity contribution is -0.113. The molecule has 1 aromatic carbocycles. The number of amides is 1. The molecule has 6 nitrogen and oxygen atoms in total. The molecule has 0 bridgehead atoms. The largest absolute Gasteiger partial charge is 0.310 e. The Hall–Kier alpha value is -2.54. The Morgan fingerprint density at radius 2 is 2.04 bits per heavy atom. The van der Waals surface area contributed by atoms with Crippen LogP contribution in [0.25, 0.3) is 5.69 Å². The van der Waals surface area contributed by atoms with Crippen LogP contribution in [0.3, 0.4) is 0 Å². The van der Waals surface area contributed by atoms with Crippen LogP contribution in [-0.4, -0.2) is 31.0 Å². The summed E-state index contributed by atoms with van der Waals surface area (Å²) in [5.41, 5.74) is 4.31. The Morgan fingerprint density at radius 1 is 1.24 bits per heavy atom. The number of benzene rings is 1. The van der Waals surface area contributed by atoms with Gasteiger partial charge >= 0.3 is 0 Å². The van der Waals surface area contributed by atoms with Crippen molar-refractivity contribution in [3.05, 3.63) is 53.5 Å². The van der Waals surface area contributed by atoms with Crippen LogP contribution in [0.4, 0.5) is 5.82 Å². The first-order valence-electron chi connectivity index (χ1n) is 7.98. The topological polar surface area (TPSA) is 64.7 Å². The first-order chi connectivity index (χ1) is 11.9. The van der Waals surface area contributed by atoms with E-state index in [1.807, 2.05) is 30.8 Å². The number of imidazole rings is 1. The summed E-state index contributed by atoms with van der Waals surface area (Å²) in [6, 6.07) is 8.15. The Balaban J connectivity index is 1.70. The molecule has 0 aliphatic heterocycles. The minimum Gasteiger partial charge on any atom is -0.310 e. The van der Waals surface area contributed by atoms with Crippen molar-refractivity contribution in [1.29, 1.82) is 0 Å². The Labute approximate surface area is 151 Å². The summed E-state index contributed by atoms with van der Waals surface area (Å²) in [5.74, 6) is 0.899. The fraction of sp³-hybridized carbons (Fsp3) is 0.278. The summed E-state index contributed by atoms with van der Waals surface area (Å²) in [6.07, 6.45) is 3.68. The fourth-order valence-electron chi connectivity index (χ4n) is 2.60. The SMILES string of the molecule is Cc1ccc(C)c(-n2ccnc2SCC(=O)Nc2cc(C)nn2C)c1. The average Bonchev–Trinajstić information content (AvgIpc) is 3.14. The number of aryl methyl sites for hydroxylation is 4. The number of hydrogen-bond acceptors (Lipinski definition) is 4. The summed E-state index contributed by atoms with van der Waals surface area (Å²) in [4.78, 5) is 16.6. The van der Waals surface area contributed by atoms with Gasteiger partial charge in [-0.2, -0.15) is 5.10 Å². The number of nitrogens with one attached hydrogen (secondary N) is 1. The van der Waals surface area contributed by atoms with Crippen LogP contribution >= 0.6 is 11.8 Å². The molecule has 0 aliphatic rings. The maximum atomic E-state index is 12.2. The molecule has 0 aliphatic carbocycles. The summed E-state index contributed by atoms with van der Waals surface area (Å²) in [6.45, 7) is 6.03. The second kappa shape index (κ2) is 7.14. The van der Waals surface area contributed by atoms with Gasteiger partial charge in [-0.05, 0) is 38.0 Å². The van der Waals surface area contributed by atoms with Crippen molar-refractivity contribution in [3.63, 3.8) is 0 Å². The molecule has 2 heterocycles. The van der Waals surface area contributed by atoms with Gasteiger partial charge in [0.15, 0.2) is 5.16 Å². The quantitative estimate of drug-likeness (QED) is 0.714. The van der Waals surface area contributed by atoms with Crippen LogP contribution in [0, 0.1) is 20.8 Å². The number of anilines is 1. The Kier molecular flexibility index (Phi) is 4.94. The monoisotopic (exact) mass is 355 g/mol. The van der Waals surface area contributed by atoms with Crippen LogP contribution in [0.15, 0.2) is 41.8 Å². The molecule has 7 heteroatoms. The predicted octanol–water partition coefficient (Wildman–Crippen LogP) is 3.26. The molecule has 0 atom stereocenters. The normalized spacial score (nSPS) is 10.9. The molecule has 0 unspecified atom stereocenters. The van der Waals surface area contributed by atoms with Crippen LogP contribution in [0.2, 0.25) is 0 Å². The van der Waals surface area contributed by atoms with Gasteiger partial charge in [-0.3, -0.25) is 14.0 Å². The minimum absolute atomic E-state index is 0.0801. The van der Waals surface area contributed by atoms with Crippen molar-refractivity contribution in [2.24, 2.45) is 7.05 Å². The van der Waals surface area contributed by atoms with Crippen molar-refractivity contribution in [1.82, 2.24) is 19.3 Å². The van der Waals surface area contributed by atoms with E-state index in [1.165, 1.54) is 22.9 Å². The van der Waals surface area contributed by atoms with E-state index in [-0.39, 0.29) is 11.7 Å². The van der Waals surface area contributed by atoms with E-state index >= 15 is 0 Å². The summed E-state index contributed by atoms with van der Waals surface area (Å²) in [7, 11) is 1.81. The van der Waals surface area contributed by atoms with Gasteiger partial charge in [0.25, 0.3) is 0 Å². The minimum atomic E-state index is -0.0801. The molecule has 0 saturated carbocycles. The Bertz CT molecular complexity index is 912. The van der Waals surface area contributed by atoms with Crippen LogP contribution < -0.4 is 5.32 Å². The molecule has 3 aromatic rings. The van der Waals surface area contributed by atoms with Gasteiger partial charge in [0, 0.05) is 25.5 Å². The molecule has 2 aromatic heterocycles. The van der Waals surface area contributed by atoms with Crippen molar-refractivity contribution < 1.29 is 4.79 Å². The van der Waals surface area contributed by atoms with Crippen molar-refractivity contribution in [3.8, 4) is 5.69 Å². The molecule has 0 radical (unpaired) electrons. The second-order valence-electron chi connectivity index (χ2n) is 6.00. The molecule has 1 N–H and O–H groups in total. The number of thioether (sulfide) groups is 1. The van der Waals surface area contributed by atoms with Crippen molar-refractivity contribution in [2.75, 3.05) is 11.1 Å². The van der Waals surface area contributed by atoms with Gasteiger partial charge in [-0.25, -0.2) is 4.98 Å². The standard InChI is InChI=1S/C18H21N5OS/c1-12-5-6-13(2)15(9-12)23-8-7-19-18(23)25-11-17(24)20-16-10-14(3)21-22(16)4/h5-10H,11H2,1-4H3,(H,20,24). The summed E-state index contributed by atoms with van der Waals surface area (Å²) >= 11 is 1.41. The zero-order chi connectivity index (χ0) is 18.0. The molecule has 0 spiro atoms. The van der Waals surface area contributed by atoms with Gasteiger partial charge < -0.3 is 5.32 Å². The van der Waals surface area contributed by atoms with Gasteiger partial charge in [-0.1, -0.05) is 23.9 Å². The lowest BCUT2D eigenvalue weighted by atomic mass is 10.1. The molecule has 25 heavy (non-hydrogen) atoms. The van der Waals surface area contributed by atoms with E-state index in [0.29, 0.717) is 5.82 Å². The lowest BCUT2D eigenvalue weighted by Crippen LogP contribution is -2.16. The lowest BCUT2D eigenvalue weighted by Gasteiger charge is -2.11. The van der Waals surface area contributed by atoms with Crippen LogP contribution in [0.1, 0.15) is 16.8 Å². The van der Waals surface area contributed by atoms with Gasteiger partial charge in [0.1, 0.15) is 5.82 Å². The number of rotatable bonds is 5. The first kappa shape index (κ1) is 17.3. The molecule has 1 amide bonds. The van der Waals surface area contributed by atoms with Gasteiger partial charge in [-0.15, -0.1) is 0 Å². The molecular formula is C18H21N5OS. The second-order valence-corrected chi connectivity index (χ2v) is 6.94. The highest BCUT2D eigenvalue weighted by atomic mass is 32.2. The van der Waals surface area contributed by atoms with Crippen LogP contribution in [0.5, 0.6) is 0 Å². The molecule has 0 saturated heterocycles. The van der Waals surface area contributed by atoms with Gasteiger partial charge in [0.2, 0.25) is 5.91 Å². The van der Waals surface area contributed by atoms with Crippen molar-refractivity contribution >= 4 is 23.5 Å². The summed E-state index contributed by atoms with van der Waals surface area (Å²) in [5, 5.41) is 7.90. The Morgan fingerprint density at radius 3 is 2.76 bits per heavy atom. The zero-order valence-corrected chi connectivity index (χ0v) is 15.6. The number of hydrogen-bond donors (Lipinski definition) is 1. The van der Waals surface area contributed by atoms with Crippen LogP contribution in [-0.2, 0) is 11.8 Å². The third-order valence-corrected chi connectivity index (χ3v) is 4.80. The third kappa shape index (κ3) is 3.93. The maximum Gasteiger partial charge on any atom is 0.235 e. The van der Waals surface area contributed by atoms with E-state index in [2.05, 4.69) is 47.4 Å². The number of nitrogens with zero attached hydrogens (tertiary/aromatic N) is 4. The highest BCUT2D eigenvalue weighted by Crippen LogP contribution is 2.23. The van der Waals surface area contributed by atoms with E-state index < -0.39 is 0 Å². The third-order valence-electron chi connectivity index (χ3n) is 3.83. The highest BCUT2D eigenvalue weighted by Gasteiger charge is 2.12. The van der Waals surface area contributed by atoms with Crippen molar-refractivity contribution in [2.45, 2.75) is 25.9 Å². The zero-order valence-electron chi connectivity index (χ0n) is 14.8. The number of carbonyl (C=O) groups is 1. The molecular weight excluding hydrogens is 334 g/mol. The molecule has 130 valence electrons. The average molecular weight is 355 g/mol. The van der Waals surface area contributed by atoms with E-state index in [9.17, 15) is 4.79 Å². The van der Waals surface area contributed by atoms with E-state index in [4.69, 9.17) is 0 Å². The predicted molar refractivity (Wildman–Crippen MR) is 100 cm³/mol. The highest BCUT2D eigenvalue weighted by molar-refractivity contribution is 7.99. The fourth-order valence-corrected chi connectivity index (χ4v) is 3.36. The van der Waals surface area contributed by atoms with E-state index in [0.717, 1.165) is 16.5 Å². The smallest absolute Gasteiger partial charge is 0.235 e. The number of carbonyl (C=O) groups excluding carboxylic acids is 1. The molecule has 3 rings (SSSR count). The maximum absolute atomic E-state index is 12.2. The van der Waals surface area contributed by atoms with Gasteiger partial charge in [0.05, 0.1) is 17.1 Å². The summed E-state index contributed by atoms with van der Waals surface area (Å²) < 4.78 is 3.68. The van der Waals surface area contributed by atoms with E-state index in [1.54, 1.807) is 10.9 Å². The molecule has 0 fully saturated rings. The number of aromatic nitrogens is 4. The first-order valence-corrected chi connectivity index (χ1v) is 8.97.